The number of carboxylic acid groups (broad SMARTS) is 1. The molecular formula is C9H11NO2S. The summed E-state index contributed by atoms with van der Waals surface area (Å²) in [6, 6.07) is 3.40. The number of hydrogen-bond donors (Lipinski definition) is 2. The lowest BCUT2D eigenvalue weighted by Crippen LogP contribution is -1.94. The molecule has 0 bridgehead atoms. The van der Waals surface area contributed by atoms with Gasteiger partial charge < -0.3 is 10.8 Å². The van der Waals surface area contributed by atoms with E-state index in [2.05, 4.69) is 0 Å². The van der Waals surface area contributed by atoms with E-state index in [1.54, 1.807) is 12.1 Å². The van der Waals surface area contributed by atoms with Gasteiger partial charge in [0.1, 0.15) is 4.88 Å². The van der Waals surface area contributed by atoms with Crippen LogP contribution in [0.5, 0.6) is 0 Å². The minimum absolute atomic E-state index is 0.368. The molecule has 1 aromatic rings. The van der Waals surface area contributed by atoms with Gasteiger partial charge in [-0.05, 0) is 31.2 Å². The summed E-state index contributed by atoms with van der Waals surface area (Å²) in [4.78, 5) is 11.8. The average molecular weight is 197 g/mol. The number of thiophene rings is 1. The number of hydrogen-bond acceptors (Lipinski definition) is 3. The Hall–Kier alpha value is -1.13. The lowest BCUT2D eigenvalue weighted by molar-refractivity contribution is 0.0702. The van der Waals surface area contributed by atoms with Gasteiger partial charge in [0.05, 0.1) is 0 Å². The molecule has 0 spiro atoms. The van der Waals surface area contributed by atoms with Gasteiger partial charge in [-0.15, -0.1) is 11.3 Å². The molecule has 13 heavy (non-hydrogen) atoms. The Morgan fingerprint density at radius 2 is 2.38 bits per heavy atom. The Kier molecular flexibility index (Phi) is 3.67. The van der Waals surface area contributed by atoms with Gasteiger partial charge in [0.2, 0.25) is 0 Å². The van der Waals surface area contributed by atoms with Crippen molar-refractivity contribution < 1.29 is 9.90 Å². The maximum absolute atomic E-state index is 10.5. The van der Waals surface area contributed by atoms with Crippen molar-refractivity contribution in [1.82, 2.24) is 0 Å². The van der Waals surface area contributed by atoms with Gasteiger partial charge in [-0.1, -0.05) is 6.08 Å². The average Bonchev–Trinajstić information content (AvgIpc) is 2.53. The first-order valence-corrected chi connectivity index (χ1v) is 4.75. The Morgan fingerprint density at radius 1 is 1.62 bits per heavy atom. The smallest absolute Gasteiger partial charge is 0.345 e. The SMILES string of the molecule is NCCC=Cc1ccc(C(=O)O)s1. The van der Waals surface area contributed by atoms with Crippen LogP contribution in [0.3, 0.4) is 0 Å². The molecule has 1 rings (SSSR count). The lowest BCUT2D eigenvalue weighted by Gasteiger charge is -1.85. The largest absolute Gasteiger partial charge is 0.477 e. The summed E-state index contributed by atoms with van der Waals surface area (Å²) >= 11 is 1.26. The number of rotatable bonds is 4. The molecule has 0 saturated carbocycles. The highest BCUT2D eigenvalue weighted by molar-refractivity contribution is 7.14. The summed E-state index contributed by atoms with van der Waals surface area (Å²) in [6.07, 6.45) is 4.65. The lowest BCUT2D eigenvalue weighted by atomic mass is 10.3. The molecule has 0 aliphatic heterocycles. The van der Waals surface area contributed by atoms with E-state index in [4.69, 9.17) is 10.8 Å². The first-order valence-electron chi connectivity index (χ1n) is 3.94. The van der Waals surface area contributed by atoms with Crippen molar-refractivity contribution in [2.75, 3.05) is 6.54 Å². The van der Waals surface area contributed by atoms with E-state index >= 15 is 0 Å². The number of aromatic carboxylic acids is 1. The van der Waals surface area contributed by atoms with E-state index in [-0.39, 0.29) is 0 Å². The quantitative estimate of drug-likeness (QED) is 0.773. The monoisotopic (exact) mass is 197 g/mol. The van der Waals surface area contributed by atoms with Crippen molar-refractivity contribution in [2.24, 2.45) is 5.73 Å². The molecule has 3 N–H and O–H groups in total. The van der Waals surface area contributed by atoms with Crippen LogP contribution < -0.4 is 5.73 Å². The summed E-state index contributed by atoms with van der Waals surface area (Å²) in [6.45, 7) is 0.619. The summed E-state index contributed by atoms with van der Waals surface area (Å²) in [5, 5.41) is 8.64. The molecule has 0 radical (unpaired) electrons. The molecule has 1 heterocycles. The van der Waals surface area contributed by atoms with Gasteiger partial charge >= 0.3 is 5.97 Å². The summed E-state index contributed by atoms with van der Waals surface area (Å²) in [5.74, 6) is -0.872. The van der Waals surface area contributed by atoms with E-state index in [1.807, 2.05) is 12.2 Å². The van der Waals surface area contributed by atoms with Crippen molar-refractivity contribution >= 4 is 23.4 Å². The molecule has 0 aliphatic carbocycles. The van der Waals surface area contributed by atoms with Crippen LogP contribution in [0.25, 0.3) is 6.08 Å². The molecule has 0 aromatic carbocycles. The van der Waals surface area contributed by atoms with Crippen LogP contribution in [0, 0.1) is 0 Å². The summed E-state index contributed by atoms with van der Waals surface area (Å²) in [7, 11) is 0. The predicted octanol–water partition coefficient (Wildman–Crippen LogP) is 1.81. The highest BCUT2D eigenvalue weighted by Crippen LogP contribution is 2.17. The number of nitrogens with two attached hydrogens (primary N) is 1. The normalized spacial score (nSPS) is 10.8. The van der Waals surface area contributed by atoms with Crippen molar-refractivity contribution in [3.05, 3.63) is 28.0 Å². The van der Waals surface area contributed by atoms with Crippen molar-refractivity contribution in [1.29, 1.82) is 0 Å². The summed E-state index contributed by atoms with van der Waals surface area (Å²) < 4.78 is 0. The van der Waals surface area contributed by atoms with Gasteiger partial charge in [0.15, 0.2) is 0 Å². The Labute approximate surface area is 80.5 Å². The van der Waals surface area contributed by atoms with Crippen LogP contribution in [-0.2, 0) is 0 Å². The second kappa shape index (κ2) is 4.79. The Morgan fingerprint density at radius 3 is 2.92 bits per heavy atom. The third-order valence-corrected chi connectivity index (χ3v) is 2.49. The standard InChI is InChI=1S/C9H11NO2S/c10-6-2-1-3-7-4-5-8(13-7)9(11)12/h1,3-5H,2,6,10H2,(H,11,12). The molecule has 0 atom stereocenters. The van der Waals surface area contributed by atoms with Crippen LogP contribution in [0.15, 0.2) is 18.2 Å². The molecule has 0 aliphatic rings. The van der Waals surface area contributed by atoms with E-state index in [0.717, 1.165) is 11.3 Å². The molecule has 70 valence electrons. The summed E-state index contributed by atoms with van der Waals surface area (Å²) in [5.41, 5.74) is 5.30. The fourth-order valence-corrected chi connectivity index (χ4v) is 1.63. The van der Waals surface area contributed by atoms with Crippen LogP contribution in [0.4, 0.5) is 0 Å². The van der Waals surface area contributed by atoms with Gasteiger partial charge in [0, 0.05) is 4.88 Å². The zero-order valence-electron chi connectivity index (χ0n) is 7.06. The van der Waals surface area contributed by atoms with Crippen LogP contribution >= 0.6 is 11.3 Å². The number of carbonyl (C=O) groups is 1. The van der Waals surface area contributed by atoms with Crippen molar-refractivity contribution in [2.45, 2.75) is 6.42 Å². The van der Waals surface area contributed by atoms with E-state index < -0.39 is 5.97 Å². The highest BCUT2D eigenvalue weighted by atomic mass is 32.1. The van der Waals surface area contributed by atoms with Gasteiger partial charge in [-0.3, -0.25) is 0 Å². The third kappa shape index (κ3) is 3.01. The predicted molar refractivity (Wildman–Crippen MR) is 54.0 cm³/mol. The molecule has 3 nitrogen and oxygen atoms in total. The molecule has 4 heteroatoms. The molecule has 1 aromatic heterocycles. The van der Waals surface area contributed by atoms with Crippen LogP contribution in [0.2, 0.25) is 0 Å². The van der Waals surface area contributed by atoms with E-state index in [0.29, 0.717) is 11.4 Å². The minimum atomic E-state index is -0.872. The highest BCUT2D eigenvalue weighted by Gasteiger charge is 2.04. The first-order chi connectivity index (χ1) is 6.24. The maximum atomic E-state index is 10.5. The van der Waals surface area contributed by atoms with Gasteiger partial charge in [-0.2, -0.15) is 0 Å². The van der Waals surface area contributed by atoms with E-state index in [9.17, 15) is 4.79 Å². The van der Waals surface area contributed by atoms with Gasteiger partial charge in [-0.25, -0.2) is 4.79 Å². The van der Waals surface area contributed by atoms with Crippen molar-refractivity contribution in [3.63, 3.8) is 0 Å². The molecular weight excluding hydrogens is 186 g/mol. The fraction of sp³-hybridized carbons (Fsp3) is 0.222. The zero-order chi connectivity index (χ0) is 9.68. The van der Waals surface area contributed by atoms with Crippen LogP contribution in [-0.4, -0.2) is 17.6 Å². The maximum Gasteiger partial charge on any atom is 0.345 e. The molecule has 0 amide bonds. The molecule has 0 saturated heterocycles. The van der Waals surface area contributed by atoms with Crippen LogP contribution in [0.1, 0.15) is 21.0 Å². The zero-order valence-corrected chi connectivity index (χ0v) is 7.88. The topological polar surface area (TPSA) is 63.3 Å². The number of carboxylic acids is 1. The van der Waals surface area contributed by atoms with Gasteiger partial charge in [0.25, 0.3) is 0 Å². The Balaban J connectivity index is 2.64. The minimum Gasteiger partial charge on any atom is -0.477 e. The second-order valence-electron chi connectivity index (χ2n) is 2.49. The van der Waals surface area contributed by atoms with E-state index in [1.165, 1.54) is 11.3 Å². The molecule has 0 unspecified atom stereocenters. The third-order valence-electron chi connectivity index (χ3n) is 1.45. The van der Waals surface area contributed by atoms with Crippen molar-refractivity contribution in [3.8, 4) is 0 Å². The molecule has 0 fully saturated rings. The fourth-order valence-electron chi connectivity index (χ4n) is 0.853. The second-order valence-corrected chi connectivity index (χ2v) is 3.60. The first kappa shape index (κ1) is 9.95. The Bertz CT molecular complexity index is 317.